The highest BCUT2D eigenvalue weighted by Crippen LogP contribution is 2.18. The molecule has 2 unspecified atom stereocenters. The zero-order valence-electron chi connectivity index (χ0n) is 16.1. The molecule has 0 aromatic rings. The molecule has 0 aliphatic carbocycles. The van der Waals surface area contributed by atoms with Crippen molar-refractivity contribution >= 4 is 0 Å². The summed E-state index contributed by atoms with van der Waals surface area (Å²) >= 11 is 0. The van der Waals surface area contributed by atoms with E-state index < -0.39 is 0 Å². The van der Waals surface area contributed by atoms with Crippen molar-refractivity contribution in [1.82, 2.24) is 0 Å². The molecular weight excluding hydrogens is 252 g/mol. The number of unbranched alkanes of at least 4 members (excludes halogenated alkanes) is 1. The Kier molecular flexibility index (Phi) is 15.6. The average molecular weight is 295 g/mol. The van der Waals surface area contributed by atoms with Crippen molar-refractivity contribution in [2.75, 3.05) is 0 Å². The molecule has 0 N–H and O–H groups in total. The first-order valence-corrected chi connectivity index (χ1v) is 8.97. The Morgan fingerprint density at radius 2 is 1.43 bits per heavy atom. The van der Waals surface area contributed by atoms with Crippen molar-refractivity contribution in [3.05, 3.63) is 24.3 Å². The molecule has 0 bridgehead atoms. The Morgan fingerprint density at radius 1 is 0.857 bits per heavy atom. The van der Waals surface area contributed by atoms with E-state index in [1.807, 2.05) is 0 Å². The van der Waals surface area contributed by atoms with Crippen LogP contribution in [0.5, 0.6) is 0 Å². The van der Waals surface area contributed by atoms with E-state index in [9.17, 15) is 0 Å². The molecule has 0 heterocycles. The number of allylic oxidation sites excluding steroid dienone is 2. The first-order chi connectivity index (χ1) is 9.68. The van der Waals surface area contributed by atoms with Crippen molar-refractivity contribution in [2.24, 2.45) is 17.8 Å². The van der Waals surface area contributed by atoms with Crippen molar-refractivity contribution in [1.29, 1.82) is 0 Å². The predicted octanol–water partition coefficient (Wildman–Crippen LogP) is 7.80. The van der Waals surface area contributed by atoms with E-state index in [-0.39, 0.29) is 0 Å². The molecule has 0 saturated carbocycles. The van der Waals surface area contributed by atoms with Gasteiger partial charge in [0.25, 0.3) is 0 Å². The summed E-state index contributed by atoms with van der Waals surface area (Å²) in [6, 6.07) is 0. The fraction of sp³-hybridized carbons (Fsp3) is 0.810. The summed E-state index contributed by atoms with van der Waals surface area (Å²) in [5.74, 6) is 2.55. The Bertz CT molecular complexity index is 259. The maximum atomic E-state index is 3.91. The van der Waals surface area contributed by atoms with E-state index >= 15 is 0 Å². The van der Waals surface area contributed by atoms with Gasteiger partial charge in [-0.25, -0.2) is 0 Å². The van der Waals surface area contributed by atoms with Crippen LogP contribution in [0.1, 0.15) is 93.4 Å². The largest absolute Gasteiger partial charge is 0.100 e. The van der Waals surface area contributed by atoms with Gasteiger partial charge in [-0.15, -0.1) is 13.2 Å². The lowest BCUT2D eigenvalue weighted by Crippen LogP contribution is -1.99. The normalized spacial score (nSPS) is 13.3. The molecule has 0 rings (SSSR count). The fourth-order valence-corrected chi connectivity index (χ4v) is 2.66. The van der Waals surface area contributed by atoms with Crippen LogP contribution in [0.25, 0.3) is 0 Å². The van der Waals surface area contributed by atoms with E-state index in [0.717, 1.165) is 17.8 Å². The van der Waals surface area contributed by atoms with E-state index in [0.29, 0.717) is 0 Å². The van der Waals surface area contributed by atoms with Crippen LogP contribution in [0.4, 0.5) is 0 Å². The smallest absolute Gasteiger partial charge is 0.0300 e. The van der Waals surface area contributed by atoms with Crippen molar-refractivity contribution in [3.8, 4) is 0 Å². The third-order valence-electron chi connectivity index (χ3n) is 3.69. The molecule has 126 valence electrons. The van der Waals surface area contributed by atoms with Gasteiger partial charge in [-0.1, -0.05) is 65.0 Å². The van der Waals surface area contributed by atoms with Crippen LogP contribution in [0, 0.1) is 17.8 Å². The second kappa shape index (κ2) is 14.4. The molecule has 0 aliphatic heterocycles. The number of hydrogen-bond acceptors (Lipinski definition) is 0. The van der Waals surface area contributed by atoms with Crippen molar-refractivity contribution in [3.63, 3.8) is 0 Å². The molecule has 0 nitrogen and oxygen atoms in total. The minimum Gasteiger partial charge on any atom is -0.100 e. The maximum absolute atomic E-state index is 3.91. The van der Waals surface area contributed by atoms with Gasteiger partial charge in [0, 0.05) is 0 Å². The standard InChI is InChI=1S/C11H22.C10H20/c1-9(2)6-7-11(5)8-10(3)4;1-5-6-7-10(4)8-9(2)3/h10-11H,1,6-8H2,2-5H3;10H,2,5-8H2,1,3-4H3. The van der Waals surface area contributed by atoms with Crippen molar-refractivity contribution in [2.45, 2.75) is 93.4 Å². The lowest BCUT2D eigenvalue weighted by molar-refractivity contribution is 0.415. The SMILES string of the molecule is C=C(C)CC(C)CCCC.C=C(C)CCC(C)CC(C)C. The first kappa shape index (κ1) is 22.8. The predicted molar refractivity (Wildman–Crippen MR) is 101 cm³/mol. The van der Waals surface area contributed by atoms with Crippen LogP contribution < -0.4 is 0 Å². The van der Waals surface area contributed by atoms with E-state index in [1.165, 1.54) is 56.1 Å². The first-order valence-electron chi connectivity index (χ1n) is 8.97. The minimum absolute atomic E-state index is 0.843. The second-order valence-electron chi connectivity index (χ2n) is 7.64. The van der Waals surface area contributed by atoms with E-state index in [4.69, 9.17) is 0 Å². The summed E-state index contributed by atoms with van der Waals surface area (Å²) in [6.45, 7) is 23.5. The van der Waals surface area contributed by atoms with Crippen LogP contribution in [0.2, 0.25) is 0 Å². The van der Waals surface area contributed by atoms with Gasteiger partial charge in [-0.2, -0.15) is 0 Å². The highest BCUT2D eigenvalue weighted by Gasteiger charge is 2.04. The topological polar surface area (TPSA) is 0 Å². The molecule has 0 spiro atoms. The number of rotatable bonds is 10. The molecule has 0 aliphatic rings. The van der Waals surface area contributed by atoms with Crippen LogP contribution in [0.15, 0.2) is 24.3 Å². The van der Waals surface area contributed by atoms with Gasteiger partial charge >= 0.3 is 0 Å². The zero-order chi connectivity index (χ0) is 16.8. The fourth-order valence-electron chi connectivity index (χ4n) is 2.66. The lowest BCUT2D eigenvalue weighted by Gasteiger charge is -2.13. The molecule has 0 radical (unpaired) electrons. The number of hydrogen-bond donors (Lipinski definition) is 0. The van der Waals surface area contributed by atoms with Gasteiger partial charge in [-0.05, 0) is 57.3 Å². The molecule has 0 saturated heterocycles. The second-order valence-corrected chi connectivity index (χ2v) is 7.64. The van der Waals surface area contributed by atoms with Gasteiger partial charge in [-0.3, -0.25) is 0 Å². The molecule has 0 aromatic heterocycles. The van der Waals surface area contributed by atoms with Crippen molar-refractivity contribution < 1.29 is 0 Å². The lowest BCUT2D eigenvalue weighted by atomic mass is 9.93. The van der Waals surface area contributed by atoms with Gasteiger partial charge in [0.1, 0.15) is 0 Å². The molecule has 21 heavy (non-hydrogen) atoms. The molecule has 2 atom stereocenters. The van der Waals surface area contributed by atoms with E-state index in [2.05, 4.69) is 61.6 Å². The maximum Gasteiger partial charge on any atom is -0.0300 e. The van der Waals surface area contributed by atoms with Gasteiger partial charge in [0.05, 0.1) is 0 Å². The molecule has 0 heteroatoms. The Labute approximate surface area is 136 Å². The van der Waals surface area contributed by atoms with E-state index in [1.54, 1.807) is 0 Å². The summed E-state index contributed by atoms with van der Waals surface area (Å²) in [7, 11) is 0. The molecule has 0 fully saturated rings. The summed E-state index contributed by atoms with van der Waals surface area (Å²) in [5.41, 5.74) is 2.64. The minimum atomic E-state index is 0.843. The summed E-state index contributed by atoms with van der Waals surface area (Å²) < 4.78 is 0. The summed E-state index contributed by atoms with van der Waals surface area (Å²) in [4.78, 5) is 0. The quantitative estimate of drug-likeness (QED) is 0.360. The highest BCUT2D eigenvalue weighted by atomic mass is 14.1. The van der Waals surface area contributed by atoms with Crippen LogP contribution >= 0.6 is 0 Å². The molecule has 0 amide bonds. The van der Waals surface area contributed by atoms with Crippen LogP contribution in [0.3, 0.4) is 0 Å². The van der Waals surface area contributed by atoms with Gasteiger partial charge < -0.3 is 0 Å². The van der Waals surface area contributed by atoms with Crippen LogP contribution in [-0.4, -0.2) is 0 Å². The summed E-state index contributed by atoms with van der Waals surface area (Å²) in [6.07, 6.45) is 9.13. The summed E-state index contributed by atoms with van der Waals surface area (Å²) in [5, 5.41) is 0. The Hall–Kier alpha value is -0.520. The third kappa shape index (κ3) is 21.9. The van der Waals surface area contributed by atoms with Gasteiger partial charge in [0.15, 0.2) is 0 Å². The average Bonchev–Trinajstić information content (AvgIpc) is 2.33. The third-order valence-corrected chi connectivity index (χ3v) is 3.69. The van der Waals surface area contributed by atoms with Gasteiger partial charge in [0.2, 0.25) is 0 Å². The monoisotopic (exact) mass is 294 g/mol. The zero-order valence-corrected chi connectivity index (χ0v) is 16.1. The highest BCUT2D eigenvalue weighted by molar-refractivity contribution is 4.89. The molecular formula is C21H42. The molecule has 0 aromatic carbocycles. The Morgan fingerprint density at radius 3 is 1.81 bits per heavy atom. The Balaban J connectivity index is 0. The van der Waals surface area contributed by atoms with Crippen LogP contribution in [-0.2, 0) is 0 Å².